The van der Waals surface area contributed by atoms with E-state index in [1.54, 1.807) is 0 Å². The molecule has 0 rings (SSSR count). The van der Waals surface area contributed by atoms with Crippen molar-refractivity contribution in [1.29, 1.82) is 0 Å². The molecule has 0 amide bonds. The van der Waals surface area contributed by atoms with Gasteiger partial charge in [0.1, 0.15) is 0 Å². The third-order valence-electron chi connectivity index (χ3n) is 1.47. The summed E-state index contributed by atoms with van der Waals surface area (Å²) < 4.78 is 0. The van der Waals surface area contributed by atoms with Gasteiger partial charge in [-0.15, -0.1) is 0 Å². The molecule has 84 valence electrons. The Balaban J connectivity index is -0.0000000800. The summed E-state index contributed by atoms with van der Waals surface area (Å²) in [4.78, 5) is 19.3. The maximum atomic E-state index is 9.65. The van der Waals surface area contributed by atoms with Gasteiger partial charge in [-0.25, -0.2) is 0 Å². The normalized spacial score (nSPS) is 7.62. The molecule has 0 aliphatic heterocycles. The van der Waals surface area contributed by atoms with Crippen molar-refractivity contribution in [3.63, 3.8) is 0 Å². The summed E-state index contributed by atoms with van der Waals surface area (Å²) in [5, 5.41) is 19.3. The molecule has 0 N–H and O–H groups in total. The third kappa shape index (κ3) is 36.9. The van der Waals surface area contributed by atoms with E-state index < -0.39 is 11.9 Å². The summed E-state index contributed by atoms with van der Waals surface area (Å²) in [6.45, 7) is 3.89. The molecule has 0 spiro atoms. The summed E-state index contributed by atoms with van der Waals surface area (Å²) >= 11 is 0. The van der Waals surface area contributed by atoms with Crippen LogP contribution in [0.2, 0.25) is 0 Å². The maximum absolute atomic E-state index is 9.65. The second kappa shape index (κ2) is 20.5. The molecule has 0 saturated heterocycles. The van der Waals surface area contributed by atoms with E-state index in [-0.39, 0.29) is 50.6 Å². The van der Waals surface area contributed by atoms with Gasteiger partial charge in [-0.05, 0) is 25.7 Å². The van der Waals surface area contributed by atoms with Crippen molar-refractivity contribution in [2.75, 3.05) is 0 Å². The fraction of sp³-hybridized carbons (Fsp3) is 0.800. The molecule has 16 heavy (non-hydrogen) atoms. The van der Waals surface area contributed by atoms with E-state index in [0.29, 0.717) is 0 Å². The van der Waals surface area contributed by atoms with E-state index in [1.807, 2.05) is 13.8 Å². The largest absolute Gasteiger partial charge is 1.00 e. The first-order chi connectivity index (χ1) is 6.54. The van der Waals surface area contributed by atoms with Crippen LogP contribution in [0.15, 0.2) is 0 Å². The van der Waals surface area contributed by atoms with Crippen molar-refractivity contribution in [3.8, 4) is 0 Å². The first kappa shape index (κ1) is 25.1. The quantitative estimate of drug-likeness (QED) is 0.414. The third-order valence-corrected chi connectivity index (χ3v) is 1.47. The number of carbonyl (C=O) groups is 2. The molecule has 0 radical (unpaired) electrons. The Hall–Kier alpha value is 0.135. The Bertz CT molecular complexity index is 145. The van der Waals surface area contributed by atoms with Crippen LogP contribution >= 0.6 is 0 Å². The van der Waals surface area contributed by atoms with Crippen LogP contribution in [0.3, 0.4) is 0 Å². The number of aliphatic carboxylic acids is 2. The van der Waals surface area contributed by atoms with Crippen LogP contribution in [0.25, 0.3) is 0 Å². The zero-order valence-electron chi connectivity index (χ0n) is 10.9. The van der Waals surface area contributed by atoms with Crippen molar-refractivity contribution >= 4 is 11.9 Å². The molecule has 0 aliphatic rings. The van der Waals surface area contributed by atoms with Gasteiger partial charge >= 0.3 is 37.7 Å². The van der Waals surface area contributed by atoms with Gasteiger partial charge in [0.05, 0.1) is 0 Å². The molecule has 0 aromatic heterocycles. The van der Waals surface area contributed by atoms with Gasteiger partial charge in [0.2, 0.25) is 0 Å². The summed E-state index contributed by atoms with van der Waals surface area (Å²) in [7, 11) is 0. The molecule has 0 aromatic rings. The molecule has 0 saturated carbocycles. The number of unbranched alkanes of at least 4 members (excludes halogenated alkanes) is 2. The number of rotatable bonds is 6. The minimum Gasteiger partial charge on any atom is -0.550 e. The molecule has 4 nitrogen and oxygen atoms in total. The van der Waals surface area contributed by atoms with Crippen LogP contribution in [0.5, 0.6) is 0 Å². The Labute approximate surface area is 122 Å². The zero-order valence-corrected chi connectivity index (χ0v) is 10.9. The number of carboxylic acids is 2. The molecule has 0 atom stereocenters. The Morgan fingerprint density at radius 1 is 0.812 bits per heavy atom. The van der Waals surface area contributed by atoms with Gasteiger partial charge in [0.25, 0.3) is 0 Å². The average molecular weight is 216 g/mol. The second-order valence-corrected chi connectivity index (χ2v) is 2.95. The molecule has 0 heterocycles. The molecule has 0 fully saturated rings. The van der Waals surface area contributed by atoms with E-state index in [9.17, 15) is 19.8 Å². The first-order valence-electron chi connectivity index (χ1n) is 4.94. The number of hydrogen-bond acceptors (Lipinski definition) is 4. The zero-order chi connectivity index (χ0) is 11.4. The van der Waals surface area contributed by atoms with Crippen molar-refractivity contribution < 1.29 is 57.5 Å². The van der Waals surface area contributed by atoms with Gasteiger partial charge in [-0.2, -0.15) is 0 Å². The van der Waals surface area contributed by atoms with Gasteiger partial charge in [-0.1, -0.05) is 26.7 Å². The Morgan fingerprint density at radius 3 is 1.12 bits per heavy atom. The van der Waals surface area contributed by atoms with E-state index in [2.05, 4.69) is 0 Å². The van der Waals surface area contributed by atoms with Gasteiger partial charge in [0.15, 0.2) is 0 Å². The summed E-state index contributed by atoms with van der Waals surface area (Å²) in [6, 6.07) is 0. The number of carbonyl (C=O) groups excluding carboxylic acids is 2. The first-order valence-corrected chi connectivity index (χ1v) is 4.94. The standard InChI is InChI=1S/2C5H10O2.2Li/c2*1-2-3-4-5(6)7;;/h2*2-4H2,1H3,(H,6,7);;/q;;2*+1/p-2. The Kier molecular flexibility index (Phi) is 32.2. The summed E-state index contributed by atoms with van der Waals surface area (Å²) in [6.07, 6.45) is 3.74. The minimum atomic E-state index is -0.943. The van der Waals surface area contributed by atoms with E-state index >= 15 is 0 Å². The predicted octanol–water partition coefficient (Wildman–Crippen LogP) is -6.14. The average Bonchev–Trinajstić information content (AvgIpc) is 2.12. The van der Waals surface area contributed by atoms with Crippen LogP contribution < -0.4 is 47.9 Å². The van der Waals surface area contributed by atoms with Crippen LogP contribution in [0.1, 0.15) is 52.4 Å². The second-order valence-electron chi connectivity index (χ2n) is 2.95. The SMILES string of the molecule is CCCCC(=O)[O-].CCCCC(=O)[O-].[Li+].[Li+]. The van der Waals surface area contributed by atoms with E-state index in [0.717, 1.165) is 25.7 Å². The van der Waals surface area contributed by atoms with Gasteiger partial charge in [0, 0.05) is 11.9 Å². The number of carboxylic acid groups (broad SMARTS) is 2. The molecular formula is C10H18Li2O4. The van der Waals surface area contributed by atoms with Crippen molar-refractivity contribution in [2.24, 2.45) is 0 Å². The van der Waals surface area contributed by atoms with Crippen LogP contribution in [-0.2, 0) is 9.59 Å². The maximum Gasteiger partial charge on any atom is 1.00 e. The van der Waals surface area contributed by atoms with Crippen LogP contribution in [0.4, 0.5) is 0 Å². The van der Waals surface area contributed by atoms with E-state index in [4.69, 9.17) is 0 Å². The van der Waals surface area contributed by atoms with Crippen molar-refractivity contribution in [2.45, 2.75) is 52.4 Å². The predicted molar refractivity (Wildman–Crippen MR) is 49.1 cm³/mol. The van der Waals surface area contributed by atoms with Crippen LogP contribution in [0, 0.1) is 0 Å². The fourth-order valence-corrected chi connectivity index (χ4v) is 0.642. The molecule has 0 aromatic carbocycles. The topological polar surface area (TPSA) is 80.3 Å². The summed E-state index contributed by atoms with van der Waals surface area (Å²) in [5.74, 6) is -1.89. The minimum absolute atomic E-state index is 0. The molecule has 0 bridgehead atoms. The van der Waals surface area contributed by atoms with Gasteiger partial charge < -0.3 is 19.8 Å². The van der Waals surface area contributed by atoms with Crippen molar-refractivity contribution in [3.05, 3.63) is 0 Å². The summed E-state index contributed by atoms with van der Waals surface area (Å²) in [5.41, 5.74) is 0. The molecular weight excluding hydrogens is 198 g/mol. The van der Waals surface area contributed by atoms with E-state index in [1.165, 1.54) is 0 Å². The van der Waals surface area contributed by atoms with Crippen molar-refractivity contribution in [1.82, 2.24) is 0 Å². The van der Waals surface area contributed by atoms with Crippen LogP contribution in [-0.4, -0.2) is 11.9 Å². The fourth-order valence-electron chi connectivity index (χ4n) is 0.642. The Morgan fingerprint density at radius 2 is 1.06 bits per heavy atom. The molecule has 0 unspecified atom stereocenters. The number of hydrogen-bond donors (Lipinski definition) is 0. The molecule has 6 heteroatoms. The monoisotopic (exact) mass is 216 g/mol. The molecule has 0 aliphatic carbocycles. The smallest absolute Gasteiger partial charge is 0.550 e. The van der Waals surface area contributed by atoms with Gasteiger partial charge in [-0.3, -0.25) is 0 Å².